The molecule has 1 aromatic carbocycles. The molecular weight excluding hydrogens is 212 g/mol. The zero-order valence-corrected chi connectivity index (χ0v) is 10.6. The average molecular weight is 230 g/mol. The SMILES string of the molecule is CC(C)(C)c1cc(C2CC2)cc2[nH]c(=O)[nH]c12. The Morgan fingerprint density at radius 3 is 2.47 bits per heavy atom. The minimum atomic E-state index is -0.113. The molecule has 0 atom stereocenters. The summed E-state index contributed by atoms with van der Waals surface area (Å²) in [7, 11) is 0. The highest BCUT2D eigenvalue weighted by molar-refractivity contribution is 5.80. The number of H-pyrrole nitrogens is 2. The molecule has 3 heteroatoms. The standard InChI is InChI=1S/C14H18N2O/c1-14(2,3)10-6-9(8-4-5-8)7-11-12(10)16-13(17)15-11/h6-8H,4-5H2,1-3H3,(H2,15,16,17). The van der Waals surface area contributed by atoms with Crippen LogP contribution in [0.2, 0.25) is 0 Å². The molecule has 0 unspecified atom stereocenters. The van der Waals surface area contributed by atoms with E-state index in [9.17, 15) is 4.79 Å². The van der Waals surface area contributed by atoms with Gasteiger partial charge in [-0.05, 0) is 41.4 Å². The third-order valence-corrected chi connectivity index (χ3v) is 3.50. The average Bonchev–Trinajstić information content (AvgIpc) is 2.97. The van der Waals surface area contributed by atoms with Gasteiger partial charge in [0.1, 0.15) is 0 Å². The van der Waals surface area contributed by atoms with E-state index < -0.39 is 0 Å². The number of rotatable bonds is 1. The van der Waals surface area contributed by atoms with Gasteiger partial charge in [0.05, 0.1) is 11.0 Å². The maximum Gasteiger partial charge on any atom is 0.323 e. The quantitative estimate of drug-likeness (QED) is 0.777. The number of benzene rings is 1. The Balaban J connectivity index is 2.32. The van der Waals surface area contributed by atoms with Crippen molar-refractivity contribution in [3.63, 3.8) is 0 Å². The second kappa shape index (κ2) is 3.25. The zero-order chi connectivity index (χ0) is 12.2. The van der Waals surface area contributed by atoms with Crippen LogP contribution >= 0.6 is 0 Å². The Morgan fingerprint density at radius 1 is 1.18 bits per heavy atom. The van der Waals surface area contributed by atoms with Crippen LogP contribution in [-0.2, 0) is 5.41 Å². The summed E-state index contributed by atoms with van der Waals surface area (Å²) in [6, 6.07) is 4.39. The van der Waals surface area contributed by atoms with E-state index in [-0.39, 0.29) is 11.1 Å². The maximum absolute atomic E-state index is 11.5. The van der Waals surface area contributed by atoms with Crippen LogP contribution in [0, 0.1) is 0 Å². The van der Waals surface area contributed by atoms with Crippen molar-refractivity contribution in [2.24, 2.45) is 0 Å². The van der Waals surface area contributed by atoms with Crippen molar-refractivity contribution in [3.8, 4) is 0 Å². The summed E-state index contributed by atoms with van der Waals surface area (Å²) < 4.78 is 0. The summed E-state index contributed by atoms with van der Waals surface area (Å²) in [6.07, 6.45) is 2.56. The van der Waals surface area contributed by atoms with Crippen LogP contribution in [0.25, 0.3) is 11.0 Å². The lowest BCUT2D eigenvalue weighted by Crippen LogP contribution is -2.12. The van der Waals surface area contributed by atoms with Gasteiger partial charge < -0.3 is 9.97 Å². The molecule has 0 radical (unpaired) electrons. The Morgan fingerprint density at radius 2 is 1.88 bits per heavy atom. The summed E-state index contributed by atoms with van der Waals surface area (Å²) in [4.78, 5) is 17.2. The first kappa shape index (κ1) is 10.6. The Kier molecular flexibility index (Phi) is 2.03. The monoisotopic (exact) mass is 230 g/mol. The number of aromatic amines is 2. The summed E-state index contributed by atoms with van der Waals surface area (Å²) in [5.41, 5.74) is 4.46. The number of hydrogen-bond acceptors (Lipinski definition) is 1. The van der Waals surface area contributed by atoms with Gasteiger partial charge in [-0.15, -0.1) is 0 Å². The number of nitrogens with one attached hydrogen (secondary N) is 2. The topological polar surface area (TPSA) is 48.6 Å². The van der Waals surface area contributed by atoms with E-state index in [1.54, 1.807) is 0 Å². The first-order chi connectivity index (χ1) is 7.95. The lowest BCUT2D eigenvalue weighted by Gasteiger charge is -2.20. The molecule has 0 saturated heterocycles. The molecule has 1 fully saturated rings. The van der Waals surface area contributed by atoms with Gasteiger partial charge in [-0.25, -0.2) is 4.79 Å². The summed E-state index contributed by atoms with van der Waals surface area (Å²) >= 11 is 0. The Bertz CT molecular complexity index is 624. The number of aromatic nitrogens is 2. The number of fused-ring (bicyclic) bond motifs is 1. The fraction of sp³-hybridized carbons (Fsp3) is 0.500. The van der Waals surface area contributed by atoms with Crippen LogP contribution in [0.1, 0.15) is 50.7 Å². The molecular formula is C14H18N2O. The van der Waals surface area contributed by atoms with E-state index in [0.29, 0.717) is 5.92 Å². The summed E-state index contributed by atoms with van der Waals surface area (Å²) in [5, 5.41) is 0. The van der Waals surface area contributed by atoms with Gasteiger partial charge in [0.2, 0.25) is 0 Å². The van der Waals surface area contributed by atoms with Crippen molar-refractivity contribution >= 4 is 11.0 Å². The van der Waals surface area contributed by atoms with Gasteiger partial charge in [-0.2, -0.15) is 0 Å². The molecule has 0 aliphatic heterocycles. The maximum atomic E-state index is 11.5. The fourth-order valence-electron chi connectivity index (χ4n) is 2.41. The third-order valence-electron chi connectivity index (χ3n) is 3.50. The normalized spacial score (nSPS) is 16.6. The van der Waals surface area contributed by atoms with E-state index in [1.165, 1.54) is 24.0 Å². The minimum Gasteiger partial charge on any atom is -0.306 e. The molecule has 1 aromatic heterocycles. The van der Waals surface area contributed by atoms with Gasteiger partial charge in [-0.3, -0.25) is 0 Å². The lowest BCUT2D eigenvalue weighted by molar-refractivity contribution is 0.594. The second-order valence-corrected chi connectivity index (χ2v) is 6.09. The van der Waals surface area contributed by atoms with Crippen LogP contribution in [0.3, 0.4) is 0 Å². The summed E-state index contributed by atoms with van der Waals surface area (Å²) in [5.74, 6) is 0.707. The van der Waals surface area contributed by atoms with Crippen molar-refractivity contribution in [1.82, 2.24) is 9.97 Å². The smallest absolute Gasteiger partial charge is 0.306 e. The number of hydrogen-bond donors (Lipinski definition) is 2. The van der Waals surface area contributed by atoms with Gasteiger partial charge in [0.25, 0.3) is 0 Å². The van der Waals surface area contributed by atoms with Gasteiger partial charge in [0.15, 0.2) is 0 Å². The van der Waals surface area contributed by atoms with Crippen LogP contribution in [0.15, 0.2) is 16.9 Å². The highest BCUT2D eigenvalue weighted by Gasteiger charge is 2.27. The molecule has 3 nitrogen and oxygen atoms in total. The van der Waals surface area contributed by atoms with E-state index >= 15 is 0 Å². The molecule has 0 spiro atoms. The molecule has 90 valence electrons. The predicted octanol–water partition coefficient (Wildman–Crippen LogP) is 3.03. The Hall–Kier alpha value is -1.51. The largest absolute Gasteiger partial charge is 0.323 e. The van der Waals surface area contributed by atoms with E-state index in [2.05, 4.69) is 42.9 Å². The van der Waals surface area contributed by atoms with Crippen LogP contribution in [0.4, 0.5) is 0 Å². The van der Waals surface area contributed by atoms with E-state index in [0.717, 1.165) is 11.0 Å². The first-order valence-corrected chi connectivity index (χ1v) is 6.21. The third kappa shape index (κ3) is 1.79. The molecule has 17 heavy (non-hydrogen) atoms. The highest BCUT2D eigenvalue weighted by atomic mass is 16.1. The lowest BCUT2D eigenvalue weighted by atomic mass is 9.84. The molecule has 2 aromatic rings. The molecule has 1 saturated carbocycles. The fourth-order valence-corrected chi connectivity index (χ4v) is 2.41. The van der Waals surface area contributed by atoms with Crippen molar-refractivity contribution in [3.05, 3.63) is 33.7 Å². The molecule has 2 N–H and O–H groups in total. The van der Waals surface area contributed by atoms with E-state index in [1.807, 2.05) is 0 Å². The van der Waals surface area contributed by atoms with Gasteiger partial charge in [0, 0.05) is 0 Å². The molecule has 1 aliphatic rings. The van der Waals surface area contributed by atoms with Crippen molar-refractivity contribution in [2.75, 3.05) is 0 Å². The van der Waals surface area contributed by atoms with Crippen LogP contribution in [-0.4, -0.2) is 9.97 Å². The van der Waals surface area contributed by atoms with Crippen molar-refractivity contribution in [2.45, 2.75) is 44.9 Å². The van der Waals surface area contributed by atoms with Gasteiger partial charge >= 0.3 is 5.69 Å². The van der Waals surface area contributed by atoms with Crippen LogP contribution < -0.4 is 5.69 Å². The zero-order valence-electron chi connectivity index (χ0n) is 10.6. The molecule has 3 rings (SSSR count). The molecule has 1 aliphatic carbocycles. The number of imidazole rings is 1. The minimum absolute atomic E-state index is 0.0499. The first-order valence-electron chi connectivity index (χ1n) is 6.21. The summed E-state index contributed by atoms with van der Waals surface area (Å²) in [6.45, 7) is 6.55. The molecule has 0 bridgehead atoms. The van der Waals surface area contributed by atoms with Crippen molar-refractivity contribution < 1.29 is 0 Å². The second-order valence-electron chi connectivity index (χ2n) is 6.09. The van der Waals surface area contributed by atoms with Crippen LogP contribution in [0.5, 0.6) is 0 Å². The Labute approximate surface area is 100 Å². The molecule has 0 amide bonds. The van der Waals surface area contributed by atoms with Gasteiger partial charge in [-0.1, -0.05) is 26.8 Å². The predicted molar refractivity (Wildman–Crippen MR) is 69.6 cm³/mol. The van der Waals surface area contributed by atoms with E-state index in [4.69, 9.17) is 0 Å². The molecule has 1 heterocycles. The highest BCUT2D eigenvalue weighted by Crippen LogP contribution is 2.42. The van der Waals surface area contributed by atoms with Crippen molar-refractivity contribution in [1.29, 1.82) is 0 Å².